The second-order valence-electron chi connectivity index (χ2n) is 6.05. The molecule has 8 nitrogen and oxygen atoms in total. The van der Waals surface area contributed by atoms with E-state index in [1.54, 1.807) is 13.3 Å². The van der Waals surface area contributed by atoms with E-state index >= 15 is 0 Å². The SMILES string of the molecule is CCCCNc1nc(N)nc2cnn(Cc3cc(CO)ccc3OC)c12. The lowest BCUT2D eigenvalue weighted by molar-refractivity contribution is 0.281. The summed E-state index contributed by atoms with van der Waals surface area (Å²) in [5.41, 5.74) is 9.05. The van der Waals surface area contributed by atoms with Crippen molar-refractivity contribution in [3.63, 3.8) is 0 Å². The number of hydrogen-bond acceptors (Lipinski definition) is 7. The van der Waals surface area contributed by atoms with E-state index in [0.717, 1.165) is 41.8 Å². The van der Waals surface area contributed by atoms with Gasteiger partial charge in [0.15, 0.2) is 5.82 Å². The number of anilines is 2. The number of nitrogen functional groups attached to an aromatic ring is 1. The molecule has 0 amide bonds. The molecule has 0 saturated heterocycles. The lowest BCUT2D eigenvalue weighted by Crippen LogP contribution is -2.10. The maximum Gasteiger partial charge on any atom is 0.222 e. The summed E-state index contributed by atoms with van der Waals surface area (Å²) in [4.78, 5) is 8.62. The zero-order valence-corrected chi connectivity index (χ0v) is 15.1. The van der Waals surface area contributed by atoms with E-state index in [-0.39, 0.29) is 12.6 Å². The summed E-state index contributed by atoms with van der Waals surface area (Å²) in [5.74, 6) is 1.63. The number of aliphatic hydroxyl groups excluding tert-OH is 1. The van der Waals surface area contributed by atoms with Crippen LogP contribution in [0.4, 0.5) is 11.8 Å². The average Bonchev–Trinajstić information content (AvgIpc) is 3.04. The molecule has 0 saturated carbocycles. The second-order valence-corrected chi connectivity index (χ2v) is 6.05. The Hall–Kier alpha value is -2.87. The fraction of sp³-hybridized carbons (Fsp3) is 0.389. The highest BCUT2D eigenvalue weighted by atomic mass is 16.5. The highest BCUT2D eigenvalue weighted by molar-refractivity contribution is 5.86. The van der Waals surface area contributed by atoms with Crippen LogP contribution in [0.15, 0.2) is 24.4 Å². The molecule has 0 unspecified atom stereocenters. The zero-order valence-electron chi connectivity index (χ0n) is 15.1. The van der Waals surface area contributed by atoms with Crippen LogP contribution in [0, 0.1) is 0 Å². The van der Waals surface area contributed by atoms with Crippen LogP contribution in [0.3, 0.4) is 0 Å². The van der Waals surface area contributed by atoms with Gasteiger partial charge in [0.05, 0.1) is 26.5 Å². The van der Waals surface area contributed by atoms with Gasteiger partial charge in [-0.2, -0.15) is 10.1 Å². The van der Waals surface area contributed by atoms with Gasteiger partial charge in [0.2, 0.25) is 5.95 Å². The smallest absolute Gasteiger partial charge is 0.222 e. The summed E-state index contributed by atoms with van der Waals surface area (Å²) in [7, 11) is 1.63. The van der Waals surface area contributed by atoms with Crippen LogP contribution >= 0.6 is 0 Å². The van der Waals surface area contributed by atoms with Gasteiger partial charge in [-0.25, -0.2) is 4.98 Å². The van der Waals surface area contributed by atoms with Gasteiger partial charge in [-0.3, -0.25) is 4.68 Å². The molecule has 3 rings (SSSR count). The summed E-state index contributed by atoms with van der Waals surface area (Å²) in [6.45, 7) is 3.38. The van der Waals surface area contributed by atoms with E-state index in [1.807, 2.05) is 22.9 Å². The first-order valence-corrected chi connectivity index (χ1v) is 8.65. The summed E-state index contributed by atoms with van der Waals surface area (Å²) in [5, 5.41) is 17.2. The maximum atomic E-state index is 9.41. The highest BCUT2D eigenvalue weighted by Crippen LogP contribution is 2.25. The number of nitrogens with one attached hydrogen (secondary N) is 1. The van der Waals surface area contributed by atoms with Crippen LogP contribution in [0.1, 0.15) is 30.9 Å². The van der Waals surface area contributed by atoms with Crippen LogP contribution in [0.5, 0.6) is 5.75 Å². The van der Waals surface area contributed by atoms with E-state index in [9.17, 15) is 5.11 Å². The van der Waals surface area contributed by atoms with Crippen molar-refractivity contribution in [2.75, 3.05) is 24.7 Å². The van der Waals surface area contributed by atoms with E-state index in [2.05, 4.69) is 27.3 Å². The number of fused-ring (bicyclic) bond motifs is 1. The molecule has 0 aliphatic heterocycles. The maximum absolute atomic E-state index is 9.41. The molecule has 0 aliphatic carbocycles. The van der Waals surface area contributed by atoms with Crippen LogP contribution in [0.25, 0.3) is 11.0 Å². The minimum absolute atomic E-state index is 0.0275. The average molecular weight is 356 g/mol. The first kappa shape index (κ1) is 17.9. The number of nitrogens with zero attached hydrogens (tertiary/aromatic N) is 4. The van der Waals surface area contributed by atoms with Gasteiger partial charge in [0.25, 0.3) is 0 Å². The number of ether oxygens (including phenoxy) is 1. The molecule has 8 heteroatoms. The Bertz CT molecular complexity index is 893. The number of unbranched alkanes of at least 4 members (excludes halogenated alkanes) is 1. The largest absolute Gasteiger partial charge is 0.496 e. The van der Waals surface area contributed by atoms with Gasteiger partial charge in [0, 0.05) is 12.1 Å². The molecule has 2 aromatic heterocycles. The van der Waals surface area contributed by atoms with E-state index in [0.29, 0.717) is 17.9 Å². The van der Waals surface area contributed by atoms with Gasteiger partial charge in [-0.05, 0) is 24.1 Å². The zero-order chi connectivity index (χ0) is 18.5. The first-order valence-electron chi connectivity index (χ1n) is 8.65. The Labute approximate surface area is 152 Å². The third kappa shape index (κ3) is 3.70. The molecule has 0 radical (unpaired) electrons. The molecule has 26 heavy (non-hydrogen) atoms. The van der Waals surface area contributed by atoms with Gasteiger partial charge in [-0.15, -0.1) is 0 Å². The van der Waals surface area contributed by atoms with Crippen molar-refractivity contribution in [3.05, 3.63) is 35.5 Å². The molecule has 0 aliphatic rings. The Morgan fingerprint density at radius 2 is 2.15 bits per heavy atom. The van der Waals surface area contributed by atoms with Crippen molar-refractivity contribution in [2.24, 2.45) is 0 Å². The van der Waals surface area contributed by atoms with E-state index in [4.69, 9.17) is 10.5 Å². The van der Waals surface area contributed by atoms with Gasteiger partial charge < -0.3 is 20.9 Å². The predicted molar refractivity (Wildman–Crippen MR) is 101 cm³/mol. The molecule has 3 aromatic rings. The summed E-state index contributed by atoms with van der Waals surface area (Å²) < 4.78 is 7.27. The molecule has 1 aromatic carbocycles. The van der Waals surface area contributed by atoms with Crippen molar-refractivity contribution < 1.29 is 9.84 Å². The predicted octanol–water partition coefficient (Wildman–Crippen LogP) is 2.17. The summed E-state index contributed by atoms with van der Waals surface area (Å²) in [6.07, 6.45) is 3.80. The van der Waals surface area contributed by atoms with Gasteiger partial charge >= 0.3 is 0 Å². The Morgan fingerprint density at radius 1 is 1.31 bits per heavy atom. The summed E-state index contributed by atoms with van der Waals surface area (Å²) in [6, 6.07) is 5.60. The van der Waals surface area contributed by atoms with Crippen LogP contribution in [-0.2, 0) is 13.2 Å². The monoisotopic (exact) mass is 356 g/mol. The second kappa shape index (κ2) is 8.01. The number of hydrogen-bond donors (Lipinski definition) is 3. The fourth-order valence-corrected chi connectivity index (χ4v) is 2.86. The van der Waals surface area contributed by atoms with Gasteiger partial charge in [-0.1, -0.05) is 19.4 Å². The third-order valence-electron chi connectivity index (χ3n) is 4.18. The molecular weight excluding hydrogens is 332 g/mol. The molecular formula is C18H24N6O2. The van der Waals surface area contributed by atoms with Crippen LogP contribution < -0.4 is 15.8 Å². The number of aliphatic hydroxyl groups is 1. The molecule has 138 valence electrons. The van der Waals surface area contributed by atoms with E-state index in [1.165, 1.54) is 0 Å². The van der Waals surface area contributed by atoms with Crippen molar-refractivity contribution in [2.45, 2.75) is 32.9 Å². The van der Waals surface area contributed by atoms with Crippen LogP contribution in [-0.4, -0.2) is 38.5 Å². The van der Waals surface area contributed by atoms with Crippen molar-refractivity contribution in [1.29, 1.82) is 0 Å². The number of nitrogens with two attached hydrogens (primary N) is 1. The first-order chi connectivity index (χ1) is 12.7. The minimum Gasteiger partial charge on any atom is -0.496 e. The topological polar surface area (TPSA) is 111 Å². The molecule has 0 fully saturated rings. The normalized spacial score (nSPS) is 11.0. The molecule has 0 bridgehead atoms. The highest BCUT2D eigenvalue weighted by Gasteiger charge is 2.14. The molecule has 2 heterocycles. The lowest BCUT2D eigenvalue weighted by atomic mass is 10.1. The minimum atomic E-state index is -0.0275. The third-order valence-corrected chi connectivity index (χ3v) is 4.18. The molecule has 0 spiro atoms. The van der Waals surface area contributed by atoms with E-state index < -0.39 is 0 Å². The van der Waals surface area contributed by atoms with Gasteiger partial charge in [0.1, 0.15) is 16.8 Å². The number of methoxy groups -OCH3 is 1. The number of benzene rings is 1. The van der Waals surface area contributed by atoms with Crippen molar-refractivity contribution in [1.82, 2.24) is 19.7 Å². The van der Waals surface area contributed by atoms with Crippen molar-refractivity contribution in [3.8, 4) is 5.75 Å². The number of aromatic nitrogens is 4. The quantitative estimate of drug-likeness (QED) is 0.530. The Kier molecular flexibility index (Phi) is 5.52. The number of rotatable bonds is 8. The van der Waals surface area contributed by atoms with Crippen LogP contribution in [0.2, 0.25) is 0 Å². The molecule has 0 atom stereocenters. The lowest BCUT2D eigenvalue weighted by Gasteiger charge is -2.13. The van der Waals surface area contributed by atoms with Crippen molar-refractivity contribution >= 4 is 22.8 Å². The Morgan fingerprint density at radius 3 is 2.88 bits per heavy atom. The molecule has 4 N–H and O–H groups in total. The summed E-state index contributed by atoms with van der Waals surface area (Å²) >= 11 is 0. The standard InChI is InChI=1S/C18H24N6O2/c1-3-4-7-20-17-16-14(22-18(19)23-17)9-21-24(16)10-13-8-12(11-25)5-6-15(13)26-2/h5-6,8-9,25H,3-4,7,10-11H2,1-2H3,(H3,19,20,22,23). The fourth-order valence-electron chi connectivity index (χ4n) is 2.86. The Balaban J connectivity index is 2.00.